The SMILES string of the molecule is c1ccc(-c2ccc3c(c2)oc2cc(N(c4ccc5c(c4)oc4ccc(-c6ccccc6)cc45)c4cc5ccccc5c5ccccc45)ccc23)cc1. The maximum atomic E-state index is 6.65. The molecule has 248 valence electrons. The van der Waals surface area contributed by atoms with Crippen LogP contribution in [0.2, 0.25) is 0 Å². The summed E-state index contributed by atoms with van der Waals surface area (Å²) in [5.74, 6) is 0. The first-order valence-electron chi connectivity index (χ1n) is 18.0. The highest BCUT2D eigenvalue weighted by Crippen LogP contribution is 2.45. The lowest BCUT2D eigenvalue weighted by Crippen LogP contribution is -2.10. The van der Waals surface area contributed by atoms with Gasteiger partial charge in [0.2, 0.25) is 0 Å². The molecule has 0 spiro atoms. The minimum Gasteiger partial charge on any atom is -0.456 e. The molecule has 53 heavy (non-hydrogen) atoms. The van der Waals surface area contributed by atoms with Gasteiger partial charge in [0.15, 0.2) is 0 Å². The van der Waals surface area contributed by atoms with E-state index in [1.165, 1.54) is 38.2 Å². The van der Waals surface area contributed by atoms with E-state index in [-0.39, 0.29) is 0 Å². The summed E-state index contributed by atoms with van der Waals surface area (Å²) in [7, 11) is 0. The Morgan fingerprint density at radius 1 is 0.283 bits per heavy atom. The third-order valence-corrected chi connectivity index (χ3v) is 10.6. The van der Waals surface area contributed by atoms with Crippen molar-refractivity contribution in [3.05, 3.63) is 188 Å². The van der Waals surface area contributed by atoms with Crippen LogP contribution in [0, 0.1) is 0 Å². The van der Waals surface area contributed by atoms with E-state index < -0.39 is 0 Å². The Hall–Kier alpha value is -7.10. The highest BCUT2D eigenvalue weighted by Gasteiger charge is 2.21. The van der Waals surface area contributed by atoms with Gasteiger partial charge in [0.25, 0.3) is 0 Å². The van der Waals surface area contributed by atoms with E-state index in [1.54, 1.807) is 0 Å². The van der Waals surface area contributed by atoms with Crippen LogP contribution in [0.15, 0.2) is 197 Å². The van der Waals surface area contributed by atoms with Gasteiger partial charge in [0.05, 0.1) is 5.69 Å². The largest absolute Gasteiger partial charge is 0.456 e. The second-order valence-electron chi connectivity index (χ2n) is 13.7. The lowest BCUT2D eigenvalue weighted by atomic mass is 9.98. The molecular formula is C50H31NO2. The zero-order valence-corrected chi connectivity index (χ0v) is 28.7. The zero-order chi connectivity index (χ0) is 34.9. The number of anilines is 3. The fraction of sp³-hybridized carbons (Fsp3) is 0. The maximum absolute atomic E-state index is 6.65. The van der Waals surface area contributed by atoms with Crippen LogP contribution in [-0.4, -0.2) is 0 Å². The molecule has 0 aliphatic heterocycles. The number of fused-ring (bicyclic) bond motifs is 9. The maximum Gasteiger partial charge on any atom is 0.137 e. The Balaban J connectivity index is 1.12. The van der Waals surface area contributed by atoms with Crippen LogP contribution in [0.4, 0.5) is 17.1 Å². The van der Waals surface area contributed by atoms with Gasteiger partial charge < -0.3 is 13.7 Å². The molecule has 3 heteroatoms. The molecule has 0 fully saturated rings. The van der Waals surface area contributed by atoms with Gasteiger partial charge in [-0.15, -0.1) is 0 Å². The lowest BCUT2D eigenvalue weighted by Gasteiger charge is -2.27. The second-order valence-corrected chi connectivity index (χ2v) is 13.7. The highest BCUT2D eigenvalue weighted by atomic mass is 16.3. The van der Waals surface area contributed by atoms with Gasteiger partial charge in [-0.2, -0.15) is 0 Å². The molecular weight excluding hydrogens is 647 g/mol. The number of furan rings is 2. The van der Waals surface area contributed by atoms with Crippen LogP contribution >= 0.6 is 0 Å². The molecule has 2 aromatic heterocycles. The molecule has 9 aromatic carbocycles. The zero-order valence-electron chi connectivity index (χ0n) is 28.7. The minimum absolute atomic E-state index is 0.844. The van der Waals surface area contributed by atoms with Crippen molar-refractivity contribution in [2.24, 2.45) is 0 Å². The van der Waals surface area contributed by atoms with E-state index in [4.69, 9.17) is 8.83 Å². The van der Waals surface area contributed by atoms with Crippen LogP contribution in [0.1, 0.15) is 0 Å². The van der Waals surface area contributed by atoms with E-state index in [1.807, 2.05) is 6.07 Å². The van der Waals surface area contributed by atoms with Gasteiger partial charge in [-0.25, -0.2) is 0 Å². The summed E-state index contributed by atoms with van der Waals surface area (Å²) in [5.41, 5.74) is 11.2. The van der Waals surface area contributed by atoms with Gasteiger partial charge in [0.1, 0.15) is 22.3 Å². The van der Waals surface area contributed by atoms with E-state index in [2.05, 4.69) is 187 Å². The van der Waals surface area contributed by atoms with Gasteiger partial charge in [-0.1, -0.05) is 121 Å². The lowest BCUT2D eigenvalue weighted by molar-refractivity contribution is 0.669. The van der Waals surface area contributed by atoms with Crippen molar-refractivity contribution in [1.82, 2.24) is 0 Å². The quantitative estimate of drug-likeness (QED) is 0.170. The van der Waals surface area contributed by atoms with Crippen molar-refractivity contribution in [1.29, 1.82) is 0 Å². The number of rotatable bonds is 5. The summed E-state index contributed by atoms with van der Waals surface area (Å²) < 4.78 is 13.2. The number of hydrogen-bond donors (Lipinski definition) is 0. The van der Waals surface area contributed by atoms with Crippen LogP contribution in [0.3, 0.4) is 0 Å². The van der Waals surface area contributed by atoms with Crippen molar-refractivity contribution in [3.8, 4) is 22.3 Å². The molecule has 11 aromatic rings. The summed E-state index contributed by atoms with van der Waals surface area (Å²) in [6, 6.07) is 66.7. The predicted octanol–water partition coefficient (Wildman–Crippen LogP) is 14.6. The predicted molar refractivity (Wildman–Crippen MR) is 222 cm³/mol. The standard InChI is InChI=1S/C50H31NO2/c1-3-11-32(12-4-1)34-20-26-47-45(27-34)44-25-22-38(31-50(44)52-47)51(46-28-36-15-7-8-16-39(36)40-17-9-10-18-41(40)46)37-21-24-43-42-23-19-35(33-13-5-2-6-14-33)29-48(42)53-49(43)30-37/h1-31H. The molecule has 0 unspecified atom stereocenters. The molecule has 11 rings (SSSR count). The summed E-state index contributed by atoms with van der Waals surface area (Å²) in [4.78, 5) is 2.35. The van der Waals surface area contributed by atoms with Crippen LogP contribution in [0.5, 0.6) is 0 Å². The van der Waals surface area contributed by atoms with E-state index in [9.17, 15) is 0 Å². The first kappa shape index (κ1) is 29.6. The molecule has 0 aliphatic rings. The Morgan fingerprint density at radius 3 is 1.49 bits per heavy atom. The monoisotopic (exact) mass is 677 g/mol. The molecule has 3 nitrogen and oxygen atoms in total. The number of nitrogens with zero attached hydrogens (tertiary/aromatic N) is 1. The fourth-order valence-corrected chi connectivity index (χ4v) is 8.08. The Morgan fingerprint density at radius 2 is 0.792 bits per heavy atom. The van der Waals surface area contributed by atoms with Crippen molar-refractivity contribution in [3.63, 3.8) is 0 Å². The van der Waals surface area contributed by atoms with Crippen LogP contribution < -0.4 is 4.90 Å². The van der Waals surface area contributed by atoms with E-state index in [0.717, 1.165) is 66.5 Å². The molecule has 0 radical (unpaired) electrons. The van der Waals surface area contributed by atoms with E-state index in [0.29, 0.717) is 0 Å². The number of hydrogen-bond acceptors (Lipinski definition) is 3. The molecule has 0 amide bonds. The van der Waals surface area contributed by atoms with Crippen LogP contribution in [0.25, 0.3) is 87.7 Å². The minimum atomic E-state index is 0.844. The third kappa shape index (κ3) is 4.82. The van der Waals surface area contributed by atoms with Crippen molar-refractivity contribution < 1.29 is 8.83 Å². The van der Waals surface area contributed by atoms with Gasteiger partial charge in [0, 0.05) is 50.4 Å². The third-order valence-electron chi connectivity index (χ3n) is 10.6. The molecule has 0 aliphatic carbocycles. The normalized spacial score (nSPS) is 11.8. The number of benzene rings is 9. The molecule has 0 saturated carbocycles. The second kappa shape index (κ2) is 11.7. The topological polar surface area (TPSA) is 29.5 Å². The highest BCUT2D eigenvalue weighted by molar-refractivity contribution is 6.16. The first-order valence-corrected chi connectivity index (χ1v) is 18.0. The average Bonchev–Trinajstić information content (AvgIpc) is 3.78. The summed E-state index contributed by atoms with van der Waals surface area (Å²) in [6.07, 6.45) is 0. The average molecular weight is 678 g/mol. The van der Waals surface area contributed by atoms with E-state index >= 15 is 0 Å². The van der Waals surface area contributed by atoms with Gasteiger partial charge in [-0.3, -0.25) is 0 Å². The summed E-state index contributed by atoms with van der Waals surface area (Å²) in [5, 5.41) is 9.18. The fourth-order valence-electron chi connectivity index (χ4n) is 8.08. The summed E-state index contributed by atoms with van der Waals surface area (Å²) >= 11 is 0. The van der Waals surface area contributed by atoms with Crippen LogP contribution in [-0.2, 0) is 0 Å². The first-order chi connectivity index (χ1) is 26.2. The molecule has 0 bridgehead atoms. The van der Waals surface area contributed by atoms with Crippen molar-refractivity contribution >= 4 is 82.5 Å². The Labute approximate surface area is 305 Å². The Kier molecular flexibility index (Phi) is 6.55. The molecule has 2 heterocycles. The summed E-state index contributed by atoms with van der Waals surface area (Å²) in [6.45, 7) is 0. The molecule has 0 saturated heterocycles. The molecule has 0 atom stereocenters. The van der Waals surface area contributed by atoms with Crippen molar-refractivity contribution in [2.45, 2.75) is 0 Å². The van der Waals surface area contributed by atoms with Gasteiger partial charge >= 0.3 is 0 Å². The molecule has 0 N–H and O–H groups in total. The van der Waals surface area contributed by atoms with Crippen molar-refractivity contribution in [2.75, 3.05) is 4.90 Å². The van der Waals surface area contributed by atoms with Gasteiger partial charge in [-0.05, 0) is 93.0 Å². The smallest absolute Gasteiger partial charge is 0.137 e. The Bertz CT molecular complexity index is 3160.